The Labute approximate surface area is 94.2 Å². The molecule has 0 atom stereocenters. The van der Waals surface area contributed by atoms with E-state index in [1.165, 1.54) is 11.1 Å². The molecule has 0 aromatic heterocycles. The first-order valence-electron chi connectivity index (χ1n) is 4.84. The molecule has 0 amide bonds. The van der Waals surface area contributed by atoms with E-state index in [0.717, 1.165) is 24.1 Å². The lowest BCUT2D eigenvalue weighted by Gasteiger charge is -2.08. The fourth-order valence-corrected chi connectivity index (χ4v) is 1.68. The van der Waals surface area contributed by atoms with Crippen molar-refractivity contribution >= 4 is 15.9 Å². The van der Waals surface area contributed by atoms with Gasteiger partial charge >= 0.3 is 0 Å². The van der Waals surface area contributed by atoms with Gasteiger partial charge in [0.05, 0.1) is 0 Å². The Balaban J connectivity index is 2.45. The molecule has 1 rings (SSSR count). The van der Waals surface area contributed by atoms with Crippen LogP contribution in [0.5, 0.6) is 0 Å². The van der Waals surface area contributed by atoms with Gasteiger partial charge in [-0.25, -0.2) is 0 Å². The number of nitrogens with one attached hydrogen (secondary N) is 2. The van der Waals surface area contributed by atoms with Crippen LogP contribution in [0.4, 0.5) is 0 Å². The lowest BCUT2D eigenvalue weighted by molar-refractivity contribution is 0.649. The van der Waals surface area contributed by atoms with E-state index in [4.69, 9.17) is 0 Å². The molecule has 0 heterocycles. The summed E-state index contributed by atoms with van der Waals surface area (Å²) >= 11 is 3.48. The van der Waals surface area contributed by atoms with Gasteiger partial charge in [-0.15, -0.1) is 0 Å². The molecule has 0 aliphatic carbocycles. The molecule has 2 nitrogen and oxygen atoms in total. The largest absolute Gasteiger partial charge is 0.318 e. The van der Waals surface area contributed by atoms with Crippen molar-refractivity contribution in [3.05, 3.63) is 33.8 Å². The van der Waals surface area contributed by atoms with E-state index in [2.05, 4.69) is 51.7 Å². The molecular weight excluding hydrogens is 240 g/mol. The smallest absolute Gasteiger partial charge is 0.0209 e. The van der Waals surface area contributed by atoms with Crippen LogP contribution in [0.3, 0.4) is 0 Å². The third kappa shape index (κ3) is 3.78. The molecule has 0 aliphatic rings. The van der Waals surface area contributed by atoms with Crippen LogP contribution >= 0.6 is 15.9 Å². The van der Waals surface area contributed by atoms with Crippen molar-refractivity contribution in [2.45, 2.75) is 13.5 Å². The van der Waals surface area contributed by atoms with Crippen molar-refractivity contribution in [1.82, 2.24) is 10.6 Å². The Morgan fingerprint density at radius 1 is 1.29 bits per heavy atom. The Bertz CT molecular complexity index is 287. The van der Waals surface area contributed by atoms with E-state index >= 15 is 0 Å². The molecule has 0 spiro atoms. The van der Waals surface area contributed by atoms with Crippen molar-refractivity contribution in [3.8, 4) is 0 Å². The van der Waals surface area contributed by atoms with Crippen LogP contribution in [0.2, 0.25) is 0 Å². The highest BCUT2D eigenvalue weighted by atomic mass is 79.9. The average molecular weight is 257 g/mol. The number of hydrogen-bond donors (Lipinski definition) is 2. The molecule has 1 aromatic carbocycles. The maximum absolute atomic E-state index is 3.48. The molecule has 1 aromatic rings. The number of benzene rings is 1. The molecule has 0 unspecified atom stereocenters. The monoisotopic (exact) mass is 256 g/mol. The highest BCUT2D eigenvalue weighted by Crippen LogP contribution is 2.15. The zero-order valence-corrected chi connectivity index (χ0v) is 10.3. The Hall–Kier alpha value is -0.380. The fourth-order valence-electron chi connectivity index (χ4n) is 1.27. The van der Waals surface area contributed by atoms with E-state index in [-0.39, 0.29) is 0 Å². The van der Waals surface area contributed by atoms with Gasteiger partial charge in [0.1, 0.15) is 0 Å². The van der Waals surface area contributed by atoms with E-state index in [1.807, 2.05) is 7.05 Å². The molecule has 0 saturated heterocycles. The minimum absolute atomic E-state index is 0.937. The SMILES string of the molecule is CNCCNCc1cc(Br)ccc1C. The van der Waals surface area contributed by atoms with Crippen LogP contribution in [-0.4, -0.2) is 20.1 Å². The zero-order valence-electron chi connectivity index (χ0n) is 8.73. The van der Waals surface area contributed by atoms with Crippen LogP contribution in [0, 0.1) is 6.92 Å². The maximum atomic E-state index is 3.48. The third-order valence-electron chi connectivity index (χ3n) is 2.18. The Morgan fingerprint density at radius 2 is 2.07 bits per heavy atom. The van der Waals surface area contributed by atoms with Gasteiger partial charge in [-0.2, -0.15) is 0 Å². The van der Waals surface area contributed by atoms with Gasteiger partial charge in [-0.1, -0.05) is 22.0 Å². The van der Waals surface area contributed by atoms with Gasteiger partial charge in [0.2, 0.25) is 0 Å². The topological polar surface area (TPSA) is 24.1 Å². The summed E-state index contributed by atoms with van der Waals surface area (Å²) in [5, 5.41) is 6.50. The van der Waals surface area contributed by atoms with Gasteiger partial charge in [0, 0.05) is 24.1 Å². The summed E-state index contributed by atoms with van der Waals surface area (Å²) in [6, 6.07) is 6.38. The van der Waals surface area contributed by atoms with E-state index in [1.54, 1.807) is 0 Å². The normalized spacial score (nSPS) is 10.5. The lowest BCUT2D eigenvalue weighted by atomic mass is 10.1. The molecular formula is C11H17BrN2. The number of likely N-dealkylation sites (N-methyl/N-ethyl adjacent to an activating group) is 1. The first kappa shape index (κ1) is 11.7. The van der Waals surface area contributed by atoms with Gasteiger partial charge in [-0.05, 0) is 37.2 Å². The second kappa shape index (κ2) is 6.17. The zero-order chi connectivity index (χ0) is 10.4. The molecule has 0 bridgehead atoms. The Morgan fingerprint density at radius 3 is 2.79 bits per heavy atom. The highest BCUT2D eigenvalue weighted by molar-refractivity contribution is 9.10. The minimum Gasteiger partial charge on any atom is -0.318 e. The van der Waals surface area contributed by atoms with Crippen LogP contribution < -0.4 is 10.6 Å². The summed E-state index contributed by atoms with van der Waals surface area (Å²) in [5.74, 6) is 0. The van der Waals surface area contributed by atoms with Gasteiger partial charge < -0.3 is 10.6 Å². The van der Waals surface area contributed by atoms with Crippen molar-refractivity contribution in [2.75, 3.05) is 20.1 Å². The maximum Gasteiger partial charge on any atom is 0.0209 e. The highest BCUT2D eigenvalue weighted by Gasteiger charge is 1.98. The summed E-state index contributed by atoms with van der Waals surface area (Å²) in [6.45, 7) is 5.09. The van der Waals surface area contributed by atoms with Crippen molar-refractivity contribution < 1.29 is 0 Å². The standard InChI is InChI=1S/C11H17BrN2/c1-9-3-4-11(12)7-10(9)8-14-6-5-13-2/h3-4,7,13-14H,5-6,8H2,1-2H3. The summed E-state index contributed by atoms with van der Waals surface area (Å²) in [7, 11) is 1.96. The first-order chi connectivity index (χ1) is 6.74. The molecule has 0 radical (unpaired) electrons. The molecule has 14 heavy (non-hydrogen) atoms. The molecule has 3 heteroatoms. The average Bonchev–Trinajstić information content (AvgIpc) is 2.18. The number of aryl methyl sites for hydroxylation is 1. The summed E-state index contributed by atoms with van der Waals surface area (Å²) < 4.78 is 1.15. The third-order valence-corrected chi connectivity index (χ3v) is 2.67. The second-order valence-corrected chi connectivity index (χ2v) is 4.27. The molecule has 0 fully saturated rings. The van der Waals surface area contributed by atoms with Crippen molar-refractivity contribution in [1.29, 1.82) is 0 Å². The summed E-state index contributed by atoms with van der Waals surface area (Å²) in [5.41, 5.74) is 2.70. The van der Waals surface area contributed by atoms with Gasteiger partial charge in [-0.3, -0.25) is 0 Å². The molecule has 2 N–H and O–H groups in total. The van der Waals surface area contributed by atoms with Gasteiger partial charge in [0.25, 0.3) is 0 Å². The predicted octanol–water partition coefficient (Wildman–Crippen LogP) is 2.07. The van der Waals surface area contributed by atoms with E-state index in [0.29, 0.717) is 0 Å². The van der Waals surface area contributed by atoms with Crippen molar-refractivity contribution in [2.24, 2.45) is 0 Å². The number of rotatable bonds is 5. The fraction of sp³-hybridized carbons (Fsp3) is 0.455. The summed E-state index contributed by atoms with van der Waals surface area (Å²) in [4.78, 5) is 0. The molecule has 0 aliphatic heterocycles. The van der Waals surface area contributed by atoms with Crippen LogP contribution in [0.15, 0.2) is 22.7 Å². The van der Waals surface area contributed by atoms with Gasteiger partial charge in [0.15, 0.2) is 0 Å². The quantitative estimate of drug-likeness (QED) is 0.789. The molecule has 78 valence electrons. The predicted molar refractivity (Wildman–Crippen MR) is 64.5 cm³/mol. The number of hydrogen-bond acceptors (Lipinski definition) is 2. The lowest BCUT2D eigenvalue weighted by Crippen LogP contribution is -2.24. The van der Waals surface area contributed by atoms with Crippen LogP contribution in [-0.2, 0) is 6.54 Å². The Kier molecular flexibility index (Phi) is 5.15. The van der Waals surface area contributed by atoms with Crippen molar-refractivity contribution in [3.63, 3.8) is 0 Å². The minimum atomic E-state index is 0.937. The number of halogens is 1. The van der Waals surface area contributed by atoms with Crippen LogP contribution in [0.25, 0.3) is 0 Å². The van der Waals surface area contributed by atoms with Crippen LogP contribution in [0.1, 0.15) is 11.1 Å². The first-order valence-corrected chi connectivity index (χ1v) is 5.63. The molecule has 0 saturated carbocycles. The summed E-state index contributed by atoms with van der Waals surface area (Å²) in [6.07, 6.45) is 0. The van der Waals surface area contributed by atoms with E-state index < -0.39 is 0 Å². The second-order valence-electron chi connectivity index (χ2n) is 3.35. The van der Waals surface area contributed by atoms with E-state index in [9.17, 15) is 0 Å².